The lowest BCUT2D eigenvalue weighted by molar-refractivity contribution is 0.306. The molecule has 0 N–H and O–H groups in total. The van der Waals surface area contributed by atoms with Crippen LogP contribution in [0.4, 0.5) is 5.69 Å². The Hall–Kier alpha value is -3.66. The van der Waals surface area contributed by atoms with Gasteiger partial charge in [0.1, 0.15) is 17.9 Å². The Bertz CT molecular complexity index is 1130. The molecule has 0 saturated heterocycles. The minimum Gasteiger partial charge on any atom is -0.489 e. The molecule has 4 nitrogen and oxygen atoms in total. The van der Waals surface area contributed by atoms with Gasteiger partial charge in [-0.15, -0.1) is 0 Å². The average Bonchev–Trinajstić information content (AvgIpc) is 2.72. The highest BCUT2D eigenvalue weighted by Gasteiger charge is 2.03. The van der Waals surface area contributed by atoms with Crippen LogP contribution in [0.3, 0.4) is 0 Å². The standard InChI is InChI=1S/C23H17NO3/c25-23-14-21(20-8-4-5-9-22(20)27-23)24-15-17-10-12-19(13-11-17)26-16-18-6-2-1-3-7-18/h1-15H,16H2. The molecule has 0 atom stereocenters. The van der Waals surface area contributed by atoms with Crippen LogP contribution in [0.25, 0.3) is 11.0 Å². The third-order valence-electron chi connectivity index (χ3n) is 4.11. The summed E-state index contributed by atoms with van der Waals surface area (Å²) >= 11 is 0. The van der Waals surface area contributed by atoms with Gasteiger partial charge in [0.25, 0.3) is 0 Å². The molecule has 1 aromatic heterocycles. The van der Waals surface area contributed by atoms with Crippen molar-refractivity contribution in [3.63, 3.8) is 0 Å². The first kappa shape index (κ1) is 16.8. The smallest absolute Gasteiger partial charge is 0.338 e. The normalized spacial score (nSPS) is 11.1. The highest BCUT2D eigenvalue weighted by Crippen LogP contribution is 2.23. The zero-order valence-corrected chi connectivity index (χ0v) is 14.5. The molecule has 0 unspecified atom stereocenters. The molecule has 0 aliphatic carbocycles. The predicted molar refractivity (Wildman–Crippen MR) is 107 cm³/mol. The van der Waals surface area contributed by atoms with Crippen LogP contribution in [0, 0.1) is 0 Å². The maximum atomic E-state index is 11.7. The van der Waals surface area contributed by atoms with Crippen LogP contribution in [0.1, 0.15) is 11.1 Å². The number of nitrogens with zero attached hydrogens (tertiary/aromatic N) is 1. The van der Waals surface area contributed by atoms with Gasteiger partial charge in [-0.3, -0.25) is 4.99 Å². The molecule has 0 aliphatic heterocycles. The summed E-state index contributed by atoms with van der Waals surface area (Å²) in [6.07, 6.45) is 1.72. The lowest BCUT2D eigenvalue weighted by atomic mass is 10.2. The maximum absolute atomic E-state index is 11.7. The predicted octanol–water partition coefficient (Wildman–Crippen LogP) is 5.12. The lowest BCUT2D eigenvalue weighted by Crippen LogP contribution is -1.96. The van der Waals surface area contributed by atoms with Crippen LogP contribution < -0.4 is 10.4 Å². The summed E-state index contributed by atoms with van der Waals surface area (Å²) in [5, 5.41) is 0.802. The molecule has 4 heteroatoms. The van der Waals surface area contributed by atoms with E-state index >= 15 is 0 Å². The van der Waals surface area contributed by atoms with E-state index in [1.54, 1.807) is 12.3 Å². The third-order valence-corrected chi connectivity index (χ3v) is 4.11. The Labute approximate surface area is 156 Å². The SMILES string of the molecule is O=c1cc(N=Cc2ccc(OCc3ccccc3)cc2)c2ccccc2o1. The van der Waals surface area contributed by atoms with Crippen LogP contribution in [0.15, 0.2) is 99.1 Å². The summed E-state index contributed by atoms with van der Waals surface area (Å²) in [5.41, 5.74) is 2.75. The number of hydrogen-bond acceptors (Lipinski definition) is 4. The molecule has 0 fully saturated rings. The number of ether oxygens (including phenoxy) is 1. The second kappa shape index (κ2) is 7.70. The third kappa shape index (κ3) is 4.12. The van der Waals surface area contributed by atoms with E-state index in [1.165, 1.54) is 6.07 Å². The molecule has 1 heterocycles. The summed E-state index contributed by atoms with van der Waals surface area (Å²) in [4.78, 5) is 16.2. The Morgan fingerprint density at radius 3 is 2.44 bits per heavy atom. The summed E-state index contributed by atoms with van der Waals surface area (Å²) < 4.78 is 11.0. The minimum atomic E-state index is -0.412. The Balaban J connectivity index is 1.49. The van der Waals surface area contributed by atoms with Gasteiger partial charge in [-0.2, -0.15) is 0 Å². The highest BCUT2D eigenvalue weighted by atomic mass is 16.5. The van der Waals surface area contributed by atoms with Gasteiger partial charge in [-0.1, -0.05) is 42.5 Å². The van der Waals surface area contributed by atoms with Crippen molar-refractivity contribution < 1.29 is 9.15 Å². The van der Waals surface area contributed by atoms with E-state index in [-0.39, 0.29) is 0 Å². The molecule has 4 aromatic rings. The van der Waals surface area contributed by atoms with Crippen LogP contribution in [-0.4, -0.2) is 6.21 Å². The summed E-state index contributed by atoms with van der Waals surface area (Å²) in [7, 11) is 0. The van der Waals surface area contributed by atoms with Crippen LogP contribution in [0.2, 0.25) is 0 Å². The van der Waals surface area contributed by atoms with Crippen molar-refractivity contribution in [1.29, 1.82) is 0 Å². The average molecular weight is 355 g/mol. The van der Waals surface area contributed by atoms with Gasteiger partial charge in [0.05, 0.1) is 11.8 Å². The Morgan fingerprint density at radius 1 is 0.889 bits per heavy atom. The van der Waals surface area contributed by atoms with Crippen molar-refractivity contribution in [1.82, 2.24) is 0 Å². The van der Waals surface area contributed by atoms with Crippen LogP contribution in [-0.2, 0) is 6.61 Å². The van der Waals surface area contributed by atoms with Crippen molar-refractivity contribution >= 4 is 22.9 Å². The van der Waals surface area contributed by atoms with Crippen molar-refractivity contribution in [3.8, 4) is 5.75 Å². The molecule has 0 amide bonds. The van der Waals surface area contributed by atoms with Crippen molar-refractivity contribution in [2.75, 3.05) is 0 Å². The second-order valence-corrected chi connectivity index (χ2v) is 6.05. The van der Waals surface area contributed by atoms with Crippen molar-refractivity contribution in [2.24, 2.45) is 4.99 Å². The lowest BCUT2D eigenvalue weighted by Gasteiger charge is -2.06. The van der Waals surface area contributed by atoms with E-state index in [1.807, 2.05) is 72.8 Å². The van der Waals surface area contributed by atoms with Gasteiger partial charge >= 0.3 is 5.63 Å². The zero-order chi connectivity index (χ0) is 18.5. The summed E-state index contributed by atoms with van der Waals surface area (Å²) in [5.74, 6) is 0.793. The fourth-order valence-corrected chi connectivity index (χ4v) is 2.74. The minimum absolute atomic E-state index is 0.412. The summed E-state index contributed by atoms with van der Waals surface area (Å²) in [6, 6.07) is 26.4. The van der Waals surface area contributed by atoms with Gasteiger partial charge < -0.3 is 9.15 Å². The number of hydrogen-bond donors (Lipinski definition) is 0. The number of fused-ring (bicyclic) bond motifs is 1. The van der Waals surface area contributed by atoms with E-state index in [2.05, 4.69) is 4.99 Å². The fourth-order valence-electron chi connectivity index (χ4n) is 2.74. The number of benzene rings is 3. The van der Waals surface area contributed by atoms with E-state index in [0.29, 0.717) is 17.9 Å². The molecule has 0 spiro atoms. The maximum Gasteiger partial charge on any atom is 0.338 e. The first-order valence-corrected chi connectivity index (χ1v) is 8.62. The Kier molecular flexibility index (Phi) is 4.79. The quantitative estimate of drug-likeness (QED) is 0.369. The largest absolute Gasteiger partial charge is 0.489 e. The Morgan fingerprint density at radius 2 is 1.63 bits per heavy atom. The van der Waals surface area contributed by atoms with Crippen LogP contribution >= 0.6 is 0 Å². The number of rotatable bonds is 5. The number of aliphatic imine (C=N–C) groups is 1. The molecule has 0 bridgehead atoms. The molecule has 4 rings (SSSR count). The first-order chi connectivity index (χ1) is 13.3. The molecule has 0 radical (unpaired) electrons. The number of para-hydroxylation sites is 1. The summed E-state index contributed by atoms with van der Waals surface area (Å²) in [6.45, 7) is 0.528. The fraction of sp³-hybridized carbons (Fsp3) is 0.0435. The highest BCUT2D eigenvalue weighted by molar-refractivity contribution is 5.92. The van der Waals surface area contributed by atoms with Gasteiger partial charge in [0.2, 0.25) is 0 Å². The topological polar surface area (TPSA) is 51.8 Å². The monoisotopic (exact) mass is 355 g/mol. The van der Waals surface area contributed by atoms with Gasteiger partial charge in [-0.05, 0) is 47.5 Å². The van der Waals surface area contributed by atoms with E-state index < -0.39 is 5.63 Å². The van der Waals surface area contributed by atoms with Gasteiger partial charge in [-0.25, -0.2) is 4.79 Å². The molecular formula is C23H17NO3. The zero-order valence-electron chi connectivity index (χ0n) is 14.5. The van der Waals surface area contributed by atoms with Crippen molar-refractivity contribution in [2.45, 2.75) is 6.61 Å². The molecule has 27 heavy (non-hydrogen) atoms. The van der Waals surface area contributed by atoms with Gasteiger partial charge in [0.15, 0.2) is 0 Å². The molecule has 0 aliphatic rings. The molecule has 0 saturated carbocycles. The van der Waals surface area contributed by atoms with E-state index in [9.17, 15) is 4.79 Å². The second-order valence-electron chi connectivity index (χ2n) is 6.05. The van der Waals surface area contributed by atoms with Crippen molar-refractivity contribution in [3.05, 3.63) is 106 Å². The van der Waals surface area contributed by atoms with E-state index in [4.69, 9.17) is 9.15 Å². The first-order valence-electron chi connectivity index (χ1n) is 8.62. The molecule has 3 aromatic carbocycles. The molecule has 132 valence electrons. The van der Waals surface area contributed by atoms with Gasteiger partial charge in [0, 0.05) is 11.6 Å². The molecular weight excluding hydrogens is 338 g/mol. The van der Waals surface area contributed by atoms with E-state index in [0.717, 1.165) is 22.3 Å². The van der Waals surface area contributed by atoms with Crippen LogP contribution in [0.5, 0.6) is 5.75 Å².